The van der Waals surface area contributed by atoms with Crippen LogP contribution in [0.15, 0.2) is 29.3 Å². The molecule has 162 valence electrons. The topological polar surface area (TPSA) is 106 Å². The van der Waals surface area contributed by atoms with Crippen LogP contribution < -0.4 is 15.8 Å². The predicted molar refractivity (Wildman–Crippen MR) is 122 cm³/mol. The summed E-state index contributed by atoms with van der Waals surface area (Å²) in [7, 11) is 0. The first-order valence-electron chi connectivity index (χ1n) is 9.73. The quantitative estimate of drug-likeness (QED) is 0.236. The maximum atomic E-state index is 11.9. The van der Waals surface area contributed by atoms with Gasteiger partial charge in [-0.15, -0.1) is 24.0 Å². The molecule has 1 aliphatic rings. The minimum absolute atomic E-state index is 0. The van der Waals surface area contributed by atoms with E-state index in [-0.39, 0.29) is 42.5 Å². The van der Waals surface area contributed by atoms with Crippen LogP contribution in [0, 0.1) is 5.92 Å². The van der Waals surface area contributed by atoms with Crippen molar-refractivity contribution in [1.29, 1.82) is 0 Å². The Morgan fingerprint density at radius 2 is 2.00 bits per heavy atom. The van der Waals surface area contributed by atoms with Crippen LogP contribution in [0.2, 0.25) is 0 Å². The summed E-state index contributed by atoms with van der Waals surface area (Å²) >= 11 is 0. The van der Waals surface area contributed by atoms with E-state index in [9.17, 15) is 9.59 Å². The van der Waals surface area contributed by atoms with Crippen molar-refractivity contribution in [3.8, 4) is 5.75 Å². The molecule has 9 heteroatoms. The molecule has 1 aliphatic heterocycles. The van der Waals surface area contributed by atoms with Crippen molar-refractivity contribution < 1.29 is 19.1 Å². The fourth-order valence-corrected chi connectivity index (χ4v) is 3.07. The van der Waals surface area contributed by atoms with E-state index in [4.69, 9.17) is 20.2 Å². The van der Waals surface area contributed by atoms with Gasteiger partial charge >= 0.3 is 5.97 Å². The monoisotopic (exact) mass is 518 g/mol. The molecular formula is C20H31IN4O4. The number of amides is 1. The fraction of sp³-hybridized carbons (Fsp3) is 0.550. The Balaban J connectivity index is 0.00000420. The van der Waals surface area contributed by atoms with Crippen LogP contribution in [0.1, 0.15) is 32.3 Å². The van der Waals surface area contributed by atoms with Crippen molar-refractivity contribution >= 4 is 41.8 Å². The number of ether oxygens (including phenoxy) is 2. The van der Waals surface area contributed by atoms with Gasteiger partial charge in [-0.3, -0.25) is 9.59 Å². The molecule has 0 aliphatic carbocycles. The first-order valence-corrected chi connectivity index (χ1v) is 9.73. The number of guanidine groups is 1. The van der Waals surface area contributed by atoms with Crippen LogP contribution in [0.3, 0.4) is 0 Å². The van der Waals surface area contributed by atoms with E-state index >= 15 is 0 Å². The van der Waals surface area contributed by atoms with Crippen molar-refractivity contribution in [2.45, 2.75) is 33.2 Å². The van der Waals surface area contributed by atoms with Crippen LogP contribution in [0.4, 0.5) is 0 Å². The highest BCUT2D eigenvalue weighted by Crippen LogP contribution is 2.19. The van der Waals surface area contributed by atoms with Crippen molar-refractivity contribution in [2.75, 3.05) is 32.8 Å². The van der Waals surface area contributed by atoms with Gasteiger partial charge in [0.1, 0.15) is 5.75 Å². The molecule has 8 nitrogen and oxygen atoms in total. The molecule has 0 bridgehead atoms. The van der Waals surface area contributed by atoms with Gasteiger partial charge in [0.05, 0.1) is 19.1 Å². The molecule has 0 radical (unpaired) electrons. The molecule has 1 aromatic rings. The van der Waals surface area contributed by atoms with E-state index in [0.717, 1.165) is 44.0 Å². The van der Waals surface area contributed by atoms with Crippen LogP contribution >= 0.6 is 24.0 Å². The highest BCUT2D eigenvalue weighted by Gasteiger charge is 2.27. The normalized spacial score (nSPS) is 14.7. The Morgan fingerprint density at radius 1 is 1.28 bits per heavy atom. The fourth-order valence-electron chi connectivity index (χ4n) is 3.07. The molecule has 1 aromatic carbocycles. The second-order valence-electron chi connectivity index (χ2n) is 6.59. The van der Waals surface area contributed by atoms with Gasteiger partial charge in [-0.2, -0.15) is 0 Å². The average Bonchev–Trinajstić information content (AvgIpc) is 2.70. The Hall–Kier alpha value is -2.04. The molecule has 0 saturated carbocycles. The lowest BCUT2D eigenvalue weighted by atomic mass is 9.97. The van der Waals surface area contributed by atoms with Gasteiger partial charge in [0.25, 0.3) is 5.91 Å². The largest absolute Gasteiger partial charge is 0.484 e. The molecule has 29 heavy (non-hydrogen) atoms. The summed E-state index contributed by atoms with van der Waals surface area (Å²) in [6, 6.07) is 7.45. The molecule has 3 N–H and O–H groups in total. The van der Waals surface area contributed by atoms with Gasteiger partial charge in [0.2, 0.25) is 0 Å². The number of benzene rings is 1. The number of halogens is 1. The zero-order valence-electron chi connectivity index (χ0n) is 17.1. The number of piperidine rings is 1. The van der Waals surface area contributed by atoms with Crippen LogP contribution in [-0.2, 0) is 20.9 Å². The lowest BCUT2D eigenvalue weighted by Crippen LogP contribution is -2.46. The van der Waals surface area contributed by atoms with E-state index < -0.39 is 5.91 Å². The predicted octanol–water partition coefficient (Wildman–Crippen LogP) is 1.91. The summed E-state index contributed by atoms with van der Waals surface area (Å²) in [5, 5.41) is 3.31. The summed E-state index contributed by atoms with van der Waals surface area (Å²) in [4.78, 5) is 29.7. The van der Waals surface area contributed by atoms with E-state index in [0.29, 0.717) is 18.9 Å². The van der Waals surface area contributed by atoms with Crippen LogP contribution in [0.5, 0.6) is 5.75 Å². The Labute approximate surface area is 189 Å². The van der Waals surface area contributed by atoms with Gasteiger partial charge in [-0.25, -0.2) is 4.99 Å². The Bertz CT molecular complexity index is 691. The number of hydrogen-bond donors (Lipinski definition) is 2. The summed E-state index contributed by atoms with van der Waals surface area (Å²) in [5.74, 6) is 0.777. The third-order valence-corrected chi connectivity index (χ3v) is 4.44. The zero-order valence-corrected chi connectivity index (χ0v) is 19.4. The summed E-state index contributed by atoms with van der Waals surface area (Å²) < 4.78 is 10.5. The third kappa shape index (κ3) is 8.46. The van der Waals surface area contributed by atoms with Gasteiger partial charge in [-0.1, -0.05) is 12.1 Å². The highest BCUT2D eigenvalue weighted by atomic mass is 127. The number of carbonyl (C=O) groups is 2. The van der Waals surface area contributed by atoms with Gasteiger partial charge in [0, 0.05) is 19.6 Å². The lowest BCUT2D eigenvalue weighted by molar-refractivity contribution is -0.149. The van der Waals surface area contributed by atoms with Crippen LogP contribution in [0.25, 0.3) is 0 Å². The van der Waals surface area contributed by atoms with Gasteiger partial charge in [-0.05, 0) is 44.4 Å². The molecular weight excluding hydrogens is 487 g/mol. The first-order chi connectivity index (χ1) is 13.5. The van der Waals surface area contributed by atoms with Crippen molar-refractivity contribution in [2.24, 2.45) is 16.6 Å². The molecule has 0 aromatic heterocycles. The molecule has 2 rings (SSSR count). The molecule has 0 atom stereocenters. The molecule has 1 amide bonds. The van der Waals surface area contributed by atoms with E-state index in [1.54, 1.807) is 6.07 Å². The number of hydrogen-bond acceptors (Lipinski definition) is 5. The minimum Gasteiger partial charge on any atom is -0.484 e. The van der Waals surface area contributed by atoms with E-state index in [1.165, 1.54) is 0 Å². The first kappa shape index (κ1) is 25.0. The molecule has 0 spiro atoms. The molecule has 0 unspecified atom stereocenters. The van der Waals surface area contributed by atoms with Crippen molar-refractivity contribution in [3.05, 3.63) is 29.8 Å². The number of nitrogens with two attached hydrogens (primary N) is 1. The van der Waals surface area contributed by atoms with Crippen molar-refractivity contribution in [1.82, 2.24) is 10.2 Å². The average molecular weight is 518 g/mol. The summed E-state index contributed by atoms with van der Waals surface area (Å²) in [6.07, 6.45) is 1.53. The highest BCUT2D eigenvalue weighted by molar-refractivity contribution is 14.0. The third-order valence-electron chi connectivity index (χ3n) is 4.44. The molecule has 1 saturated heterocycles. The maximum absolute atomic E-state index is 11.9. The smallest absolute Gasteiger partial charge is 0.309 e. The SMILES string of the molecule is CCNC(=NCc1cccc(OCC(N)=O)c1)N1CCC(C(=O)OCC)CC1.I. The standard InChI is InChI=1S/C20H30N4O4.HI/c1-3-22-20(24-10-8-16(9-11-24)19(26)27-4-2)23-13-15-6-5-7-17(12-15)28-14-18(21)25;/h5-7,12,16H,3-4,8-11,13-14H2,1-2H3,(H2,21,25)(H,22,23);1H. The number of likely N-dealkylation sites (tertiary alicyclic amines) is 1. The number of nitrogens with zero attached hydrogens (tertiary/aromatic N) is 2. The number of rotatable bonds is 8. The lowest BCUT2D eigenvalue weighted by Gasteiger charge is -2.33. The second-order valence-corrected chi connectivity index (χ2v) is 6.59. The number of carbonyl (C=O) groups excluding carboxylic acids is 2. The number of primary amides is 1. The number of nitrogens with one attached hydrogen (secondary N) is 1. The number of esters is 1. The van der Waals surface area contributed by atoms with E-state index in [2.05, 4.69) is 10.2 Å². The van der Waals surface area contributed by atoms with Crippen LogP contribution in [-0.4, -0.2) is 55.6 Å². The maximum Gasteiger partial charge on any atom is 0.309 e. The number of aliphatic imine (C=N–C) groups is 1. The summed E-state index contributed by atoms with van der Waals surface area (Å²) in [5.41, 5.74) is 6.08. The Kier molecular flexibility index (Phi) is 11.4. The zero-order chi connectivity index (χ0) is 20.4. The molecule has 1 fully saturated rings. The van der Waals surface area contributed by atoms with Crippen molar-refractivity contribution in [3.63, 3.8) is 0 Å². The molecule has 1 heterocycles. The van der Waals surface area contributed by atoms with Gasteiger partial charge < -0.3 is 25.4 Å². The summed E-state index contributed by atoms with van der Waals surface area (Å²) in [6.45, 7) is 6.90. The Morgan fingerprint density at radius 3 is 2.62 bits per heavy atom. The minimum atomic E-state index is -0.510. The van der Waals surface area contributed by atoms with E-state index in [1.807, 2.05) is 32.0 Å². The second kappa shape index (κ2) is 13.2. The van der Waals surface area contributed by atoms with Gasteiger partial charge in [0.15, 0.2) is 12.6 Å².